The molecule has 0 saturated carbocycles. The average Bonchev–Trinajstić information content (AvgIpc) is 2.18. The van der Waals surface area contributed by atoms with Crippen LogP contribution in [0.15, 0.2) is 12.1 Å². The van der Waals surface area contributed by atoms with E-state index in [0.717, 1.165) is 0 Å². The maximum Gasteiger partial charge on any atom is 0.221 e. The summed E-state index contributed by atoms with van der Waals surface area (Å²) in [5, 5.41) is 12.0. The fourth-order valence-electron chi connectivity index (χ4n) is 1.17. The lowest BCUT2D eigenvalue weighted by Gasteiger charge is -2.10. The molecular formula is C10H11NO4. The summed E-state index contributed by atoms with van der Waals surface area (Å²) in [7, 11) is 1.38. The summed E-state index contributed by atoms with van der Waals surface area (Å²) in [6.45, 7) is 1.32. The van der Waals surface area contributed by atoms with E-state index < -0.39 is 0 Å². The van der Waals surface area contributed by atoms with Gasteiger partial charge in [-0.1, -0.05) is 0 Å². The lowest BCUT2D eigenvalue weighted by Crippen LogP contribution is -2.08. The number of benzene rings is 1. The molecule has 5 nitrogen and oxygen atoms in total. The highest BCUT2D eigenvalue weighted by Crippen LogP contribution is 2.33. The highest BCUT2D eigenvalue weighted by molar-refractivity contribution is 5.97. The molecule has 0 aliphatic rings. The van der Waals surface area contributed by atoms with Crippen molar-refractivity contribution >= 4 is 17.9 Å². The van der Waals surface area contributed by atoms with Gasteiger partial charge >= 0.3 is 0 Å². The van der Waals surface area contributed by atoms with Gasteiger partial charge in [0.05, 0.1) is 18.4 Å². The first kappa shape index (κ1) is 11.0. The molecule has 0 aliphatic carbocycles. The summed E-state index contributed by atoms with van der Waals surface area (Å²) in [6, 6.07) is 2.96. The molecule has 1 aromatic carbocycles. The molecule has 80 valence electrons. The molecule has 0 saturated heterocycles. The summed E-state index contributed by atoms with van der Waals surface area (Å²) in [4.78, 5) is 21.5. The monoisotopic (exact) mass is 209 g/mol. The molecule has 15 heavy (non-hydrogen) atoms. The molecule has 0 spiro atoms. The van der Waals surface area contributed by atoms with Crippen LogP contribution in [0.2, 0.25) is 0 Å². The molecule has 0 bridgehead atoms. The van der Waals surface area contributed by atoms with Gasteiger partial charge < -0.3 is 15.2 Å². The maximum atomic E-state index is 10.8. The van der Waals surface area contributed by atoms with E-state index in [1.165, 1.54) is 26.2 Å². The predicted molar refractivity (Wildman–Crippen MR) is 54.4 cm³/mol. The van der Waals surface area contributed by atoms with Crippen molar-refractivity contribution < 1.29 is 19.4 Å². The second kappa shape index (κ2) is 4.45. The van der Waals surface area contributed by atoms with Gasteiger partial charge in [0.2, 0.25) is 5.91 Å². The van der Waals surface area contributed by atoms with Crippen LogP contribution in [0, 0.1) is 0 Å². The Morgan fingerprint density at radius 3 is 2.67 bits per heavy atom. The largest absolute Gasteiger partial charge is 0.504 e. The molecule has 1 rings (SSSR count). The number of aromatic hydroxyl groups is 1. The minimum atomic E-state index is -0.317. The number of anilines is 1. The van der Waals surface area contributed by atoms with Crippen molar-refractivity contribution in [1.82, 2.24) is 0 Å². The smallest absolute Gasteiger partial charge is 0.221 e. The summed E-state index contributed by atoms with van der Waals surface area (Å²) in [5.41, 5.74) is 0.264. The van der Waals surface area contributed by atoms with Gasteiger partial charge in [0.25, 0.3) is 0 Å². The second-order valence-electron chi connectivity index (χ2n) is 2.88. The number of hydrogen-bond acceptors (Lipinski definition) is 4. The zero-order valence-corrected chi connectivity index (χ0v) is 8.40. The Bertz CT molecular complexity index is 401. The Labute approximate surface area is 86.7 Å². The Kier molecular flexibility index (Phi) is 3.28. The molecule has 0 atom stereocenters. The van der Waals surface area contributed by atoms with Crippen LogP contribution in [0.25, 0.3) is 0 Å². The van der Waals surface area contributed by atoms with Gasteiger partial charge in [-0.25, -0.2) is 0 Å². The Balaban J connectivity index is 3.24. The highest BCUT2D eigenvalue weighted by atomic mass is 16.5. The summed E-state index contributed by atoms with van der Waals surface area (Å²) < 4.78 is 4.83. The zero-order valence-electron chi connectivity index (χ0n) is 8.40. The molecule has 2 N–H and O–H groups in total. The third-order valence-corrected chi connectivity index (χ3v) is 1.83. The third kappa shape index (κ3) is 2.25. The molecule has 0 radical (unpaired) electrons. The normalized spacial score (nSPS) is 9.47. The summed E-state index contributed by atoms with van der Waals surface area (Å²) >= 11 is 0. The number of carbonyl (C=O) groups is 2. The third-order valence-electron chi connectivity index (χ3n) is 1.83. The number of rotatable bonds is 3. The number of hydrogen-bond donors (Lipinski definition) is 2. The van der Waals surface area contributed by atoms with Crippen LogP contribution in [-0.4, -0.2) is 24.4 Å². The van der Waals surface area contributed by atoms with Crippen molar-refractivity contribution in [2.24, 2.45) is 0 Å². The van der Waals surface area contributed by atoms with Crippen LogP contribution in [0.3, 0.4) is 0 Å². The number of carbonyl (C=O) groups excluding carboxylic acids is 2. The summed E-state index contributed by atoms with van der Waals surface area (Å²) in [5.74, 6) is -0.410. The molecule has 0 aromatic heterocycles. The number of aldehydes is 1. The van der Waals surface area contributed by atoms with Gasteiger partial charge in [-0.05, 0) is 12.1 Å². The van der Waals surface area contributed by atoms with E-state index in [9.17, 15) is 14.7 Å². The Hall–Kier alpha value is -2.04. The molecule has 0 fully saturated rings. The van der Waals surface area contributed by atoms with Crippen molar-refractivity contribution in [3.8, 4) is 11.5 Å². The Morgan fingerprint density at radius 1 is 1.53 bits per heavy atom. The van der Waals surface area contributed by atoms with E-state index in [2.05, 4.69) is 5.32 Å². The standard InChI is InChI=1S/C10H11NO4/c1-6(13)11-8-3-4-9(15-2)10(14)7(8)5-12/h3-5,14H,1-2H3,(H,11,13). The van der Waals surface area contributed by atoms with Gasteiger partial charge in [-0.2, -0.15) is 0 Å². The van der Waals surface area contributed by atoms with Crippen LogP contribution < -0.4 is 10.1 Å². The van der Waals surface area contributed by atoms with Crippen molar-refractivity contribution in [3.63, 3.8) is 0 Å². The van der Waals surface area contributed by atoms with Crippen LogP contribution in [-0.2, 0) is 4.79 Å². The number of ether oxygens (including phenoxy) is 1. The SMILES string of the molecule is COc1ccc(NC(C)=O)c(C=O)c1O. The lowest BCUT2D eigenvalue weighted by molar-refractivity contribution is -0.114. The topological polar surface area (TPSA) is 75.6 Å². The number of methoxy groups -OCH3 is 1. The first-order valence-electron chi connectivity index (χ1n) is 4.23. The van der Waals surface area contributed by atoms with E-state index in [0.29, 0.717) is 6.29 Å². The quantitative estimate of drug-likeness (QED) is 0.733. The van der Waals surface area contributed by atoms with Gasteiger partial charge in [0.1, 0.15) is 0 Å². The molecule has 0 unspecified atom stereocenters. The number of phenols is 1. The van der Waals surface area contributed by atoms with E-state index in [1.807, 2.05) is 0 Å². The summed E-state index contributed by atoms with van der Waals surface area (Å²) in [6.07, 6.45) is 0.461. The van der Waals surface area contributed by atoms with Crippen LogP contribution >= 0.6 is 0 Å². The first-order valence-corrected chi connectivity index (χ1v) is 4.23. The molecule has 1 aromatic rings. The van der Waals surface area contributed by atoms with Crippen LogP contribution in [0.5, 0.6) is 11.5 Å². The van der Waals surface area contributed by atoms with Gasteiger partial charge in [-0.15, -0.1) is 0 Å². The zero-order chi connectivity index (χ0) is 11.4. The van der Waals surface area contributed by atoms with E-state index in [4.69, 9.17) is 4.74 Å². The Morgan fingerprint density at radius 2 is 2.20 bits per heavy atom. The fourth-order valence-corrected chi connectivity index (χ4v) is 1.17. The predicted octanol–water partition coefficient (Wildman–Crippen LogP) is 1.17. The fraction of sp³-hybridized carbons (Fsp3) is 0.200. The number of amides is 1. The lowest BCUT2D eigenvalue weighted by atomic mass is 10.1. The van der Waals surface area contributed by atoms with Gasteiger partial charge in [0, 0.05) is 6.92 Å². The molecule has 0 aliphatic heterocycles. The molecule has 1 amide bonds. The van der Waals surface area contributed by atoms with Crippen molar-refractivity contribution in [2.45, 2.75) is 6.92 Å². The number of phenolic OH excluding ortho intramolecular Hbond substituents is 1. The van der Waals surface area contributed by atoms with E-state index in [-0.39, 0.29) is 28.7 Å². The second-order valence-corrected chi connectivity index (χ2v) is 2.88. The molecular weight excluding hydrogens is 198 g/mol. The van der Waals surface area contributed by atoms with Crippen molar-refractivity contribution in [1.29, 1.82) is 0 Å². The minimum absolute atomic E-state index is 0.00421. The minimum Gasteiger partial charge on any atom is -0.504 e. The van der Waals surface area contributed by atoms with Crippen LogP contribution in [0.1, 0.15) is 17.3 Å². The van der Waals surface area contributed by atoms with Gasteiger partial charge in [0.15, 0.2) is 17.8 Å². The first-order chi connectivity index (χ1) is 7.10. The van der Waals surface area contributed by atoms with Crippen molar-refractivity contribution in [2.75, 3.05) is 12.4 Å². The van der Waals surface area contributed by atoms with Crippen LogP contribution in [0.4, 0.5) is 5.69 Å². The highest BCUT2D eigenvalue weighted by Gasteiger charge is 2.12. The van der Waals surface area contributed by atoms with Gasteiger partial charge in [-0.3, -0.25) is 9.59 Å². The average molecular weight is 209 g/mol. The molecule has 5 heteroatoms. The maximum absolute atomic E-state index is 10.8. The van der Waals surface area contributed by atoms with E-state index in [1.54, 1.807) is 0 Å². The molecule has 0 heterocycles. The van der Waals surface area contributed by atoms with E-state index >= 15 is 0 Å². The number of nitrogens with one attached hydrogen (secondary N) is 1. The van der Waals surface area contributed by atoms with Crippen molar-refractivity contribution in [3.05, 3.63) is 17.7 Å².